The maximum Gasteiger partial charge on any atom is 0.305 e. The number of rotatable bonds is 6. The van der Waals surface area contributed by atoms with Crippen molar-refractivity contribution in [3.63, 3.8) is 0 Å². The maximum atomic E-state index is 10.7. The molecule has 2 aromatic rings. The van der Waals surface area contributed by atoms with E-state index in [4.69, 9.17) is 17.3 Å². The highest BCUT2D eigenvalue weighted by molar-refractivity contribution is 7.71. The highest BCUT2D eigenvalue weighted by atomic mass is 32.1. The van der Waals surface area contributed by atoms with Gasteiger partial charge in [-0.2, -0.15) is 5.10 Å². The summed E-state index contributed by atoms with van der Waals surface area (Å²) in [6.45, 7) is 4.52. The lowest BCUT2D eigenvalue weighted by Crippen LogP contribution is -2.06. The highest BCUT2D eigenvalue weighted by Gasteiger charge is 2.12. The van der Waals surface area contributed by atoms with E-state index in [-0.39, 0.29) is 13.0 Å². The fraction of sp³-hybridized carbons (Fsp3) is 0.214. The van der Waals surface area contributed by atoms with Crippen molar-refractivity contribution in [2.75, 3.05) is 0 Å². The molecule has 0 aliphatic carbocycles. The molecular weight excluding hydrogens is 274 g/mol. The minimum Gasteiger partial charge on any atom is -0.481 e. The monoisotopic (exact) mass is 289 g/mol. The largest absolute Gasteiger partial charge is 0.481 e. The molecule has 0 fully saturated rings. The summed E-state index contributed by atoms with van der Waals surface area (Å²) >= 11 is 5.35. The van der Waals surface area contributed by atoms with Gasteiger partial charge in [-0.3, -0.25) is 9.36 Å². The normalized spacial score (nSPS) is 10.4. The van der Waals surface area contributed by atoms with Crippen LogP contribution in [0.1, 0.15) is 6.42 Å². The first kappa shape index (κ1) is 14.2. The Hall–Kier alpha value is -2.21. The van der Waals surface area contributed by atoms with Gasteiger partial charge in [-0.25, -0.2) is 4.68 Å². The molecule has 1 N–H and O–H groups in total. The van der Waals surface area contributed by atoms with Gasteiger partial charge in [-0.1, -0.05) is 36.4 Å². The number of benzene rings is 1. The molecule has 0 aliphatic rings. The van der Waals surface area contributed by atoms with Gasteiger partial charge in [-0.05, 0) is 12.2 Å². The van der Waals surface area contributed by atoms with Gasteiger partial charge in [0.2, 0.25) is 0 Å². The van der Waals surface area contributed by atoms with Crippen molar-refractivity contribution in [1.82, 2.24) is 14.3 Å². The number of allylic oxidation sites excluding steroid dienone is 1. The third-order valence-corrected chi connectivity index (χ3v) is 3.24. The zero-order chi connectivity index (χ0) is 14.5. The van der Waals surface area contributed by atoms with E-state index in [2.05, 4.69) is 11.7 Å². The van der Waals surface area contributed by atoms with E-state index in [1.165, 1.54) is 0 Å². The van der Waals surface area contributed by atoms with Gasteiger partial charge in [0.1, 0.15) is 0 Å². The Kier molecular flexibility index (Phi) is 4.47. The summed E-state index contributed by atoms with van der Waals surface area (Å²) in [5, 5.41) is 13.2. The fourth-order valence-corrected chi connectivity index (χ4v) is 2.18. The number of aliphatic carboxylic acids is 1. The minimum atomic E-state index is -0.869. The zero-order valence-corrected chi connectivity index (χ0v) is 11.7. The smallest absolute Gasteiger partial charge is 0.305 e. The van der Waals surface area contributed by atoms with Crippen molar-refractivity contribution in [1.29, 1.82) is 0 Å². The van der Waals surface area contributed by atoms with Crippen molar-refractivity contribution in [3.05, 3.63) is 47.8 Å². The standard InChI is InChI=1S/C14H15N3O2S/c1-2-9-16-13(11-6-4-3-5-7-11)15-17(14(16)20)10-8-12(18)19/h2-7H,1,8-10H2,(H,18,19). The van der Waals surface area contributed by atoms with E-state index in [0.717, 1.165) is 11.4 Å². The van der Waals surface area contributed by atoms with Crippen LogP contribution < -0.4 is 0 Å². The molecule has 0 aliphatic heterocycles. The number of hydrogen-bond acceptors (Lipinski definition) is 3. The molecule has 20 heavy (non-hydrogen) atoms. The van der Waals surface area contributed by atoms with Crippen LogP contribution in [0.15, 0.2) is 43.0 Å². The lowest BCUT2D eigenvalue weighted by molar-refractivity contribution is -0.137. The quantitative estimate of drug-likeness (QED) is 0.656. The van der Waals surface area contributed by atoms with Crippen LogP contribution >= 0.6 is 12.2 Å². The number of carboxylic acids is 1. The third kappa shape index (κ3) is 3.03. The first-order chi connectivity index (χ1) is 9.63. The second-order valence-corrected chi connectivity index (χ2v) is 4.60. The lowest BCUT2D eigenvalue weighted by Gasteiger charge is -2.02. The fourth-order valence-electron chi connectivity index (χ4n) is 1.88. The van der Waals surface area contributed by atoms with E-state index in [1.54, 1.807) is 10.8 Å². The number of carbonyl (C=O) groups is 1. The van der Waals surface area contributed by atoms with Crippen molar-refractivity contribution >= 4 is 18.2 Å². The molecule has 0 spiro atoms. The molecular formula is C14H15N3O2S. The first-order valence-corrected chi connectivity index (χ1v) is 6.60. The summed E-state index contributed by atoms with van der Waals surface area (Å²) in [6.07, 6.45) is 1.74. The summed E-state index contributed by atoms with van der Waals surface area (Å²) in [5.74, 6) is -0.146. The van der Waals surface area contributed by atoms with Gasteiger partial charge in [0.05, 0.1) is 13.0 Å². The van der Waals surface area contributed by atoms with Gasteiger partial charge < -0.3 is 5.11 Å². The summed E-state index contributed by atoms with van der Waals surface area (Å²) in [5.41, 5.74) is 0.939. The van der Waals surface area contributed by atoms with Crippen LogP contribution in [-0.4, -0.2) is 25.4 Å². The predicted octanol–water partition coefficient (Wildman–Crippen LogP) is 2.74. The molecule has 1 aromatic carbocycles. The Balaban J connectivity index is 2.45. The number of aryl methyl sites for hydroxylation is 1. The first-order valence-electron chi connectivity index (χ1n) is 6.19. The molecule has 2 rings (SSSR count). The summed E-state index contributed by atoms with van der Waals surface area (Å²) in [7, 11) is 0. The van der Waals surface area contributed by atoms with Crippen LogP contribution in [-0.2, 0) is 17.9 Å². The van der Waals surface area contributed by atoms with Gasteiger partial charge in [0, 0.05) is 12.1 Å². The van der Waals surface area contributed by atoms with Crippen LogP contribution in [0.25, 0.3) is 11.4 Å². The van der Waals surface area contributed by atoms with Crippen LogP contribution in [0.5, 0.6) is 0 Å². The second-order valence-electron chi connectivity index (χ2n) is 4.24. The molecule has 1 heterocycles. The van der Waals surface area contributed by atoms with Crippen LogP contribution in [0.2, 0.25) is 0 Å². The van der Waals surface area contributed by atoms with Crippen LogP contribution in [0.3, 0.4) is 0 Å². The summed E-state index contributed by atoms with van der Waals surface area (Å²) < 4.78 is 3.90. The van der Waals surface area contributed by atoms with Gasteiger partial charge in [-0.15, -0.1) is 6.58 Å². The average molecular weight is 289 g/mol. The SMILES string of the molecule is C=CCn1c(-c2ccccc2)nn(CCC(=O)O)c1=S. The Bertz CT molecular complexity index is 673. The molecule has 0 saturated carbocycles. The Labute approximate surface area is 121 Å². The topological polar surface area (TPSA) is 60.0 Å². The van der Waals surface area contributed by atoms with E-state index < -0.39 is 5.97 Å². The van der Waals surface area contributed by atoms with Crippen molar-refractivity contribution in [3.8, 4) is 11.4 Å². The Morgan fingerprint density at radius 3 is 2.70 bits per heavy atom. The Morgan fingerprint density at radius 2 is 2.10 bits per heavy atom. The number of nitrogens with zero attached hydrogens (tertiary/aromatic N) is 3. The molecule has 0 saturated heterocycles. The summed E-state index contributed by atoms with van der Waals surface area (Å²) in [6, 6.07) is 9.66. The number of hydrogen-bond donors (Lipinski definition) is 1. The van der Waals surface area contributed by atoms with Crippen LogP contribution in [0, 0.1) is 4.77 Å². The van der Waals surface area contributed by atoms with E-state index in [1.807, 2.05) is 34.9 Å². The average Bonchev–Trinajstić information content (AvgIpc) is 2.75. The lowest BCUT2D eigenvalue weighted by atomic mass is 10.2. The molecule has 0 bridgehead atoms. The minimum absolute atomic E-state index is 0.00631. The van der Waals surface area contributed by atoms with Crippen molar-refractivity contribution in [2.24, 2.45) is 0 Å². The predicted molar refractivity (Wildman–Crippen MR) is 78.9 cm³/mol. The van der Waals surface area contributed by atoms with Gasteiger partial charge >= 0.3 is 5.97 Å². The maximum absolute atomic E-state index is 10.7. The van der Waals surface area contributed by atoms with Gasteiger partial charge in [0.25, 0.3) is 0 Å². The molecule has 0 atom stereocenters. The molecule has 1 aromatic heterocycles. The molecule has 0 unspecified atom stereocenters. The van der Waals surface area contributed by atoms with Crippen molar-refractivity contribution < 1.29 is 9.90 Å². The van der Waals surface area contributed by atoms with E-state index in [0.29, 0.717) is 11.3 Å². The third-order valence-electron chi connectivity index (χ3n) is 2.80. The molecule has 0 amide bonds. The molecule has 0 radical (unpaired) electrons. The Morgan fingerprint density at radius 1 is 1.40 bits per heavy atom. The molecule has 104 valence electrons. The number of carboxylic acid groups (broad SMARTS) is 1. The van der Waals surface area contributed by atoms with Crippen molar-refractivity contribution in [2.45, 2.75) is 19.5 Å². The van der Waals surface area contributed by atoms with E-state index in [9.17, 15) is 4.79 Å². The van der Waals surface area contributed by atoms with E-state index >= 15 is 0 Å². The van der Waals surface area contributed by atoms with Crippen LogP contribution in [0.4, 0.5) is 0 Å². The van der Waals surface area contributed by atoms with Gasteiger partial charge in [0.15, 0.2) is 10.6 Å². The molecule has 5 nitrogen and oxygen atoms in total. The number of aromatic nitrogens is 3. The molecule has 6 heteroatoms. The zero-order valence-electron chi connectivity index (χ0n) is 10.9. The summed E-state index contributed by atoms with van der Waals surface area (Å²) in [4.78, 5) is 10.7. The highest BCUT2D eigenvalue weighted by Crippen LogP contribution is 2.18. The second kappa shape index (κ2) is 6.29.